The Labute approximate surface area is 120 Å². The van der Waals surface area contributed by atoms with Gasteiger partial charge in [0.05, 0.1) is 5.56 Å². The second kappa shape index (κ2) is 5.11. The van der Waals surface area contributed by atoms with E-state index in [0.717, 1.165) is 10.5 Å². The molecular weight excluding hydrogens is 280 g/mol. The molecule has 0 bridgehead atoms. The fourth-order valence-corrected chi connectivity index (χ4v) is 2.82. The molecule has 0 amide bonds. The van der Waals surface area contributed by atoms with Gasteiger partial charge in [-0.2, -0.15) is 0 Å². The zero-order chi connectivity index (χ0) is 13.2. The van der Waals surface area contributed by atoms with Crippen LogP contribution < -0.4 is 0 Å². The third kappa shape index (κ3) is 2.67. The highest BCUT2D eigenvalue weighted by molar-refractivity contribution is 8.03. The number of ether oxygens (including phenoxy) is 1. The molecule has 2 aromatic carbocycles. The van der Waals surface area contributed by atoms with Crippen molar-refractivity contribution in [2.75, 3.05) is 0 Å². The number of hydrogen-bond donors (Lipinski definition) is 0. The van der Waals surface area contributed by atoms with E-state index in [9.17, 15) is 4.79 Å². The van der Waals surface area contributed by atoms with Gasteiger partial charge in [0, 0.05) is 9.92 Å². The summed E-state index contributed by atoms with van der Waals surface area (Å²) in [5.74, 6) is -0.311. The highest BCUT2D eigenvalue weighted by Gasteiger charge is 2.22. The topological polar surface area (TPSA) is 26.3 Å². The van der Waals surface area contributed by atoms with Crippen molar-refractivity contribution in [2.45, 2.75) is 4.90 Å². The van der Waals surface area contributed by atoms with Gasteiger partial charge in [0.15, 0.2) is 5.09 Å². The SMILES string of the molecule is O=C1O/C(=C/c2ccc(Cl)cc2)Sc2ccccc21. The van der Waals surface area contributed by atoms with Crippen LogP contribution in [0.1, 0.15) is 15.9 Å². The second-order valence-corrected chi connectivity index (χ2v) is 5.49. The summed E-state index contributed by atoms with van der Waals surface area (Å²) >= 11 is 7.28. The summed E-state index contributed by atoms with van der Waals surface area (Å²) in [4.78, 5) is 12.8. The van der Waals surface area contributed by atoms with Crippen LogP contribution in [-0.2, 0) is 4.74 Å². The molecular formula is C15H9ClO2S. The molecule has 0 spiro atoms. The largest absolute Gasteiger partial charge is 0.415 e. The van der Waals surface area contributed by atoms with E-state index >= 15 is 0 Å². The molecule has 0 N–H and O–H groups in total. The quantitative estimate of drug-likeness (QED) is 0.717. The smallest absolute Gasteiger partial charge is 0.345 e. The van der Waals surface area contributed by atoms with Crippen LogP contribution >= 0.6 is 23.4 Å². The van der Waals surface area contributed by atoms with E-state index in [2.05, 4.69) is 0 Å². The highest BCUT2D eigenvalue weighted by Crippen LogP contribution is 2.37. The number of hydrogen-bond acceptors (Lipinski definition) is 3. The lowest BCUT2D eigenvalue weighted by molar-refractivity contribution is 0.0644. The molecule has 1 heterocycles. The summed E-state index contributed by atoms with van der Waals surface area (Å²) in [5, 5.41) is 1.26. The normalized spacial score (nSPS) is 16.1. The number of cyclic esters (lactones) is 1. The minimum atomic E-state index is -0.311. The molecule has 0 radical (unpaired) electrons. The maximum atomic E-state index is 11.8. The van der Waals surface area contributed by atoms with Crippen molar-refractivity contribution >= 4 is 35.4 Å². The van der Waals surface area contributed by atoms with Crippen LogP contribution in [-0.4, -0.2) is 5.97 Å². The lowest BCUT2D eigenvalue weighted by Gasteiger charge is -2.16. The molecule has 1 aliphatic heterocycles. The van der Waals surface area contributed by atoms with Crippen LogP contribution in [0.15, 0.2) is 58.5 Å². The Bertz CT molecular complexity index is 662. The van der Waals surface area contributed by atoms with Gasteiger partial charge in [-0.15, -0.1) is 0 Å². The van der Waals surface area contributed by atoms with Crippen molar-refractivity contribution < 1.29 is 9.53 Å². The molecule has 0 aromatic heterocycles. The van der Waals surface area contributed by atoms with Crippen molar-refractivity contribution in [3.8, 4) is 0 Å². The molecule has 2 nitrogen and oxygen atoms in total. The van der Waals surface area contributed by atoms with Gasteiger partial charge in [0.2, 0.25) is 0 Å². The molecule has 2 aromatic rings. The van der Waals surface area contributed by atoms with Gasteiger partial charge in [0.25, 0.3) is 0 Å². The predicted molar refractivity (Wildman–Crippen MR) is 77.1 cm³/mol. The Kier molecular flexibility index (Phi) is 3.32. The van der Waals surface area contributed by atoms with Crippen LogP contribution in [0, 0.1) is 0 Å². The molecule has 0 atom stereocenters. The third-order valence-electron chi connectivity index (χ3n) is 2.67. The molecule has 94 valence electrons. The lowest BCUT2D eigenvalue weighted by atomic mass is 10.2. The van der Waals surface area contributed by atoms with Gasteiger partial charge in [-0.1, -0.05) is 47.6 Å². The summed E-state index contributed by atoms with van der Waals surface area (Å²) < 4.78 is 5.30. The van der Waals surface area contributed by atoms with Gasteiger partial charge < -0.3 is 4.74 Å². The van der Waals surface area contributed by atoms with Crippen molar-refractivity contribution in [2.24, 2.45) is 0 Å². The first-order valence-corrected chi connectivity index (χ1v) is 6.88. The average molecular weight is 289 g/mol. The van der Waals surface area contributed by atoms with Crippen molar-refractivity contribution in [3.63, 3.8) is 0 Å². The van der Waals surface area contributed by atoms with Crippen molar-refractivity contribution in [1.82, 2.24) is 0 Å². The Morgan fingerprint density at radius 1 is 1.05 bits per heavy atom. The van der Waals surface area contributed by atoms with Crippen LogP contribution in [0.2, 0.25) is 5.02 Å². The Morgan fingerprint density at radius 3 is 2.58 bits per heavy atom. The predicted octanol–water partition coefficient (Wildman–Crippen LogP) is 4.60. The van der Waals surface area contributed by atoms with Crippen LogP contribution in [0.5, 0.6) is 0 Å². The van der Waals surface area contributed by atoms with Gasteiger partial charge in [-0.3, -0.25) is 0 Å². The minimum absolute atomic E-state index is 0.311. The first kappa shape index (κ1) is 12.3. The number of esters is 1. The number of fused-ring (bicyclic) bond motifs is 1. The number of carbonyl (C=O) groups excluding carboxylic acids is 1. The number of thioether (sulfide) groups is 1. The van der Waals surface area contributed by atoms with E-state index < -0.39 is 0 Å². The summed E-state index contributed by atoms with van der Waals surface area (Å²) in [6.45, 7) is 0. The zero-order valence-electron chi connectivity index (χ0n) is 9.80. The number of halogens is 1. The van der Waals surface area contributed by atoms with Crippen LogP contribution in [0.3, 0.4) is 0 Å². The average Bonchev–Trinajstić information content (AvgIpc) is 2.42. The molecule has 3 rings (SSSR count). The standard InChI is InChI=1S/C15H9ClO2S/c16-11-7-5-10(6-8-11)9-14-18-15(17)12-3-1-2-4-13(12)19-14/h1-9H/b14-9-. The molecule has 1 aliphatic rings. The van der Waals surface area contributed by atoms with E-state index in [0.29, 0.717) is 15.7 Å². The van der Waals surface area contributed by atoms with Gasteiger partial charge in [0.1, 0.15) is 0 Å². The first-order valence-electron chi connectivity index (χ1n) is 5.69. The summed E-state index contributed by atoms with van der Waals surface area (Å²) in [7, 11) is 0. The van der Waals surface area contributed by atoms with Crippen LogP contribution in [0.25, 0.3) is 6.08 Å². The van der Waals surface area contributed by atoms with Crippen molar-refractivity contribution in [3.05, 3.63) is 69.8 Å². The maximum Gasteiger partial charge on any atom is 0.345 e. The van der Waals surface area contributed by atoms with E-state index in [1.165, 1.54) is 11.8 Å². The highest BCUT2D eigenvalue weighted by atomic mass is 35.5. The number of benzene rings is 2. The minimum Gasteiger partial charge on any atom is -0.415 e. The number of rotatable bonds is 1. The summed E-state index contributed by atoms with van der Waals surface area (Å²) in [6.07, 6.45) is 1.83. The molecule has 4 heteroatoms. The van der Waals surface area contributed by atoms with Gasteiger partial charge in [-0.25, -0.2) is 4.79 Å². The first-order chi connectivity index (χ1) is 9.22. The second-order valence-electron chi connectivity index (χ2n) is 4.00. The molecule has 0 saturated heterocycles. The Hall–Kier alpha value is -1.71. The Morgan fingerprint density at radius 2 is 1.79 bits per heavy atom. The maximum absolute atomic E-state index is 11.8. The Balaban J connectivity index is 1.93. The fourth-order valence-electron chi connectivity index (χ4n) is 1.75. The van der Waals surface area contributed by atoms with Gasteiger partial charge >= 0.3 is 5.97 Å². The zero-order valence-corrected chi connectivity index (χ0v) is 11.4. The van der Waals surface area contributed by atoms with E-state index in [1.54, 1.807) is 18.2 Å². The molecule has 0 saturated carbocycles. The fraction of sp³-hybridized carbons (Fsp3) is 0. The van der Waals surface area contributed by atoms with E-state index in [1.807, 2.05) is 36.4 Å². The summed E-state index contributed by atoms with van der Waals surface area (Å²) in [5.41, 5.74) is 1.56. The summed E-state index contributed by atoms with van der Waals surface area (Å²) in [6, 6.07) is 14.8. The monoisotopic (exact) mass is 288 g/mol. The van der Waals surface area contributed by atoms with Crippen LogP contribution in [0.4, 0.5) is 0 Å². The lowest BCUT2D eigenvalue weighted by Crippen LogP contribution is -2.09. The molecule has 19 heavy (non-hydrogen) atoms. The van der Waals surface area contributed by atoms with E-state index in [4.69, 9.17) is 16.3 Å². The third-order valence-corrected chi connectivity index (χ3v) is 3.90. The molecule has 0 aliphatic carbocycles. The van der Waals surface area contributed by atoms with Crippen molar-refractivity contribution in [1.29, 1.82) is 0 Å². The molecule has 0 fully saturated rings. The van der Waals surface area contributed by atoms with E-state index in [-0.39, 0.29) is 5.97 Å². The molecule has 0 unspecified atom stereocenters. The number of carbonyl (C=O) groups is 1. The van der Waals surface area contributed by atoms with Gasteiger partial charge in [-0.05, 0) is 35.9 Å².